The number of aromatic nitrogens is 3. The van der Waals surface area contributed by atoms with Gasteiger partial charge < -0.3 is 10.1 Å². The van der Waals surface area contributed by atoms with Crippen molar-refractivity contribution in [3.05, 3.63) is 42.1 Å². The second-order valence-electron chi connectivity index (χ2n) is 4.92. The van der Waals surface area contributed by atoms with Gasteiger partial charge in [-0.3, -0.25) is 9.97 Å². The van der Waals surface area contributed by atoms with Crippen molar-refractivity contribution in [2.45, 2.75) is 39.8 Å². The van der Waals surface area contributed by atoms with Crippen LogP contribution in [0.25, 0.3) is 0 Å². The molecule has 0 fully saturated rings. The molecule has 0 amide bonds. The molecule has 1 unspecified atom stereocenters. The molecule has 0 radical (unpaired) electrons. The Bertz CT molecular complexity index is 571. The number of anilines is 1. The van der Waals surface area contributed by atoms with Gasteiger partial charge in [-0.1, -0.05) is 0 Å². The molecule has 5 heteroatoms. The Balaban J connectivity index is 2.20. The van der Waals surface area contributed by atoms with Crippen LogP contribution in [-0.4, -0.2) is 21.1 Å². The number of aryl methyl sites for hydroxylation is 1. The summed E-state index contributed by atoms with van der Waals surface area (Å²) in [5.74, 6) is 0.607. The molecule has 0 aliphatic carbocycles. The maximum atomic E-state index is 5.70. The van der Waals surface area contributed by atoms with Crippen LogP contribution in [0.3, 0.4) is 0 Å². The van der Waals surface area contributed by atoms with E-state index in [4.69, 9.17) is 4.74 Å². The third-order valence-electron chi connectivity index (χ3n) is 2.82. The van der Waals surface area contributed by atoms with Crippen molar-refractivity contribution in [2.24, 2.45) is 0 Å². The zero-order chi connectivity index (χ0) is 14.5. The molecule has 0 aliphatic heterocycles. The first-order valence-electron chi connectivity index (χ1n) is 6.73. The lowest BCUT2D eigenvalue weighted by atomic mass is 10.2. The fourth-order valence-electron chi connectivity index (χ4n) is 1.96. The molecule has 0 spiro atoms. The van der Waals surface area contributed by atoms with Gasteiger partial charge in [0.15, 0.2) is 0 Å². The zero-order valence-electron chi connectivity index (χ0n) is 12.3. The molecular formula is C15H20N4O. The third-order valence-corrected chi connectivity index (χ3v) is 2.82. The van der Waals surface area contributed by atoms with Crippen molar-refractivity contribution in [3.63, 3.8) is 0 Å². The first-order chi connectivity index (χ1) is 9.58. The summed E-state index contributed by atoms with van der Waals surface area (Å²) in [6, 6.07) is 3.86. The summed E-state index contributed by atoms with van der Waals surface area (Å²) >= 11 is 0. The average Bonchev–Trinajstić information content (AvgIpc) is 2.41. The Labute approximate surface area is 119 Å². The van der Waals surface area contributed by atoms with Crippen LogP contribution >= 0.6 is 0 Å². The quantitative estimate of drug-likeness (QED) is 0.906. The normalized spacial score (nSPS) is 12.2. The van der Waals surface area contributed by atoms with E-state index in [9.17, 15) is 0 Å². The predicted molar refractivity (Wildman–Crippen MR) is 78.8 cm³/mol. The van der Waals surface area contributed by atoms with Crippen molar-refractivity contribution in [1.82, 2.24) is 15.0 Å². The topological polar surface area (TPSA) is 59.9 Å². The smallest absolute Gasteiger partial charge is 0.237 e. The van der Waals surface area contributed by atoms with Gasteiger partial charge in [-0.05, 0) is 39.8 Å². The second kappa shape index (κ2) is 6.32. The molecule has 2 aromatic rings. The minimum Gasteiger partial charge on any atom is -0.473 e. The maximum absolute atomic E-state index is 5.70. The molecule has 0 saturated heterocycles. The van der Waals surface area contributed by atoms with Gasteiger partial charge in [-0.2, -0.15) is 0 Å². The van der Waals surface area contributed by atoms with Crippen molar-refractivity contribution >= 4 is 5.69 Å². The molecule has 0 bridgehead atoms. The van der Waals surface area contributed by atoms with Gasteiger partial charge in [-0.15, -0.1) is 0 Å². The summed E-state index contributed by atoms with van der Waals surface area (Å²) in [7, 11) is 0. The van der Waals surface area contributed by atoms with Crippen LogP contribution in [0.1, 0.15) is 38.2 Å². The maximum Gasteiger partial charge on any atom is 0.237 e. The summed E-state index contributed by atoms with van der Waals surface area (Å²) < 4.78 is 5.70. The van der Waals surface area contributed by atoms with E-state index in [2.05, 4.69) is 20.3 Å². The molecule has 1 atom stereocenters. The summed E-state index contributed by atoms with van der Waals surface area (Å²) in [5.41, 5.74) is 2.70. The first kappa shape index (κ1) is 14.2. The average molecular weight is 272 g/mol. The van der Waals surface area contributed by atoms with Gasteiger partial charge in [-0.25, -0.2) is 4.98 Å². The van der Waals surface area contributed by atoms with E-state index in [1.54, 1.807) is 18.6 Å². The van der Waals surface area contributed by atoms with E-state index in [1.807, 2.05) is 39.8 Å². The predicted octanol–water partition coefficient (Wildman–Crippen LogP) is 3.14. The van der Waals surface area contributed by atoms with Gasteiger partial charge in [0.05, 0.1) is 29.2 Å². The molecule has 0 saturated carbocycles. The van der Waals surface area contributed by atoms with Gasteiger partial charge in [0.25, 0.3) is 0 Å². The minimum absolute atomic E-state index is 0.0300. The Morgan fingerprint density at radius 3 is 2.50 bits per heavy atom. The Morgan fingerprint density at radius 2 is 1.80 bits per heavy atom. The number of nitrogens with one attached hydrogen (secondary N) is 1. The molecule has 2 aromatic heterocycles. The fourth-order valence-corrected chi connectivity index (χ4v) is 1.96. The lowest BCUT2D eigenvalue weighted by Crippen LogP contribution is -2.14. The Morgan fingerprint density at radius 1 is 1.05 bits per heavy atom. The van der Waals surface area contributed by atoms with Gasteiger partial charge >= 0.3 is 0 Å². The van der Waals surface area contributed by atoms with E-state index in [-0.39, 0.29) is 12.1 Å². The van der Waals surface area contributed by atoms with Crippen molar-refractivity contribution in [2.75, 3.05) is 5.32 Å². The van der Waals surface area contributed by atoms with E-state index in [0.29, 0.717) is 5.88 Å². The molecule has 2 heterocycles. The summed E-state index contributed by atoms with van der Waals surface area (Å²) in [6.07, 6.45) is 5.21. The number of ether oxygens (including phenoxy) is 1. The SMILES string of the molecule is Cc1nccnc1C(C)Nc1cccnc1OC(C)C. The summed E-state index contributed by atoms with van der Waals surface area (Å²) in [6.45, 7) is 7.96. The zero-order valence-corrected chi connectivity index (χ0v) is 12.3. The standard InChI is InChI=1S/C15H20N4O/c1-10(2)20-15-13(6-5-7-18-15)19-12(4)14-11(3)16-8-9-17-14/h5-10,12,19H,1-4H3. The van der Waals surface area contributed by atoms with E-state index in [1.165, 1.54) is 0 Å². The van der Waals surface area contributed by atoms with Crippen molar-refractivity contribution in [3.8, 4) is 5.88 Å². The number of nitrogens with zero attached hydrogens (tertiary/aromatic N) is 3. The highest BCUT2D eigenvalue weighted by molar-refractivity contribution is 5.53. The monoisotopic (exact) mass is 272 g/mol. The molecule has 2 rings (SSSR count). The highest BCUT2D eigenvalue weighted by Gasteiger charge is 2.14. The molecular weight excluding hydrogens is 252 g/mol. The van der Waals surface area contributed by atoms with Crippen LogP contribution in [0.4, 0.5) is 5.69 Å². The number of hydrogen-bond donors (Lipinski definition) is 1. The number of pyridine rings is 1. The molecule has 1 N–H and O–H groups in total. The highest BCUT2D eigenvalue weighted by Crippen LogP contribution is 2.26. The highest BCUT2D eigenvalue weighted by atomic mass is 16.5. The molecule has 5 nitrogen and oxygen atoms in total. The fraction of sp³-hybridized carbons (Fsp3) is 0.400. The lowest BCUT2D eigenvalue weighted by molar-refractivity contribution is 0.234. The molecule has 106 valence electrons. The first-order valence-corrected chi connectivity index (χ1v) is 6.73. The largest absolute Gasteiger partial charge is 0.473 e. The van der Waals surface area contributed by atoms with E-state index < -0.39 is 0 Å². The Kier molecular flexibility index (Phi) is 4.50. The lowest BCUT2D eigenvalue weighted by Gasteiger charge is -2.19. The van der Waals surface area contributed by atoms with Crippen LogP contribution in [0.2, 0.25) is 0 Å². The van der Waals surface area contributed by atoms with Crippen LogP contribution in [0.15, 0.2) is 30.7 Å². The van der Waals surface area contributed by atoms with Crippen molar-refractivity contribution < 1.29 is 4.74 Å². The van der Waals surface area contributed by atoms with Crippen LogP contribution < -0.4 is 10.1 Å². The minimum atomic E-state index is 0.0300. The Hall–Kier alpha value is -2.17. The van der Waals surface area contributed by atoms with Gasteiger partial charge in [0.2, 0.25) is 5.88 Å². The third kappa shape index (κ3) is 3.44. The van der Waals surface area contributed by atoms with Gasteiger partial charge in [0, 0.05) is 18.6 Å². The van der Waals surface area contributed by atoms with Crippen LogP contribution in [0, 0.1) is 6.92 Å². The summed E-state index contributed by atoms with van der Waals surface area (Å²) in [4.78, 5) is 12.9. The summed E-state index contributed by atoms with van der Waals surface area (Å²) in [5, 5.41) is 3.38. The van der Waals surface area contributed by atoms with Crippen LogP contribution in [0.5, 0.6) is 5.88 Å². The molecule has 0 aromatic carbocycles. The number of rotatable bonds is 5. The van der Waals surface area contributed by atoms with E-state index in [0.717, 1.165) is 17.1 Å². The van der Waals surface area contributed by atoms with E-state index >= 15 is 0 Å². The van der Waals surface area contributed by atoms with Crippen LogP contribution in [-0.2, 0) is 0 Å². The second-order valence-corrected chi connectivity index (χ2v) is 4.92. The molecule has 20 heavy (non-hydrogen) atoms. The number of hydrogen-bond acceptors (Lipinski definition) is 5. The van der Waals surface area contributed by atoms with Gasteiger partial charge in [0.1, 0.15) is 0 Å². The van der Waals surface area contributed by atoms with Crippen molar-refractivity contribution in [1.29, 1.82) is 0 Å². The molecule has 0 aliphatic rings.